The van der Waals surface area contributed by atoms with Gasteiger partial charge in [0, 0.05) is 11.2 Å². The van der Waals surface area contributed by atoms with E-state index in [9.17, 15) is 0 Å². The number of hydrogen-bond acceptors (Lipinski definition) is 4. The minimum Gasteiger partial charge on any atom is -1.00 e. The summed E-state index contributed by atoms with van der Waals surface area (Å²) in [4.78, 5) is 0. The van der Waals surface area contributed by atoms with Gasteiger partial charge in [0.05, 0.1) is 0 Å². The van der Waals surface area contributed by atoms with Crippen LogP contribution in [0.4, 0.5) is 0 Å². The van der Waals surface area contributed by atoms with Crippen LogP contribution in [0.1, 0.15) is 2.85 Å². The normalized spacial score (nSPS) is 8.92. The standard InChI is InChI=1S/2Na.H2O4S.H2O3S2.H2S.2H/c;;2*1-5(2,3)4;;;/h;;2*(H2,1,2,3,4);1H2;;/q2*+1;;;;2*-1. The van der Waals surface area contributed by atoms with E-state index in [0.717, 1.165) is 0 Å². The molecule has 0 saturated carbocycles. The van der Waals surface area contributed by atoms with Crippen molar-refractivity contribution < 1.29 is 92.8 Å². The smallest absolute Gasteiger partial charge is 1.00 e. The quantitative estimate of drug-likeness (QED) is 0.256. The van der Waals surface area contributed by atoms with Gasteiger partial charge in [-0.25, -0.2) is 0 Å². The Morgan fingerprint density at radius 2 is 0.923 bits per heavy atom. The Bertz CT molecular complexity index is 223. The monoisotopic (exact) mass is 294 g/mol. The van der Waals surface area contributed by atoms with Crippen molar-refractivity contribution in [2.75, 3.05) is 0 Å². The van der Waals surface area contributed by atoms with Crippen molar-refractivity contribution in [2.24, 2.45) is 0 Å². The molecule has 4 N–H and O–H groups in total. The minimum absolute atomic E-state index is 0. The maximum atomic E-state index is 9.11. The molecule has 0 radical (unpaired) electrons. The Morgan fingerprint density at radius 3 is 0.923 bits per heavy atom. The van der Waals surface area contributed by atoms with Crippen LogP contribution in [0.2, 0.25) is 0 Å². The van der Waals surface area contributed by atoms with Gasteiger partial charge in [-0.2, -0.15) is 26.1 Å². The molecule has 13 heteroatoms. The molecule has 13 heavy (non-hydrogen) atoms. The van der Waals surface area contributed by atoms with Crippen LogP contribution < -0.4 is 59.1 Å². The van der Waals surface area contributed by atoms with E-state index in [4.69, 9.17) is 30.8 Å². The molecule has 0 spiro atoms. The van der Waals surface area contributed by atoms with Crippen molar-refractivity contribution in [3.63, 3.8) is 0 Å². The van der Waals surface area contributed by atoms with Gasteiger partial charge in [0.25, 0.3) is 9.05 Å². The zero-order valence-corrected chi connectivity index (χ0v) is 14.2. The van der Waals surface area contributed by atoms with Gasteiger partial charge in [0.2, 0.25) is 0 Å². The third-order valence-corrected chi connectivity index (χ3v) is 0. The predicted molar refractivity (Wildman–Crippen MR) is 47.5 cm³/mol. The summed E-state index contributed by atoms with van der Waals surface area (Å²) in [6.07, 6.45) is 0. The van der Waals surface area contributed by atoms with Gasteiger partial charge in [-0.3, -0.25) is 18.2 Å². The summed E-state index contributed by atoms with van der Waals surface area (Å²) in [5, 5.41) is 0. The molecule has 0 amide bonds. The molecule has 0 unspecified atom stereocenters. The van der Waals surface area contributed by atoms with E-state index in [1.54, 1.807) is 0 Å². The summed E-state index contributed by atoms with van der Waals surface area (Å²) in [5.74, 6) is 0. The Hall–Kier alpha value is 2.51. The van der Waals surface area contributed by atoms with E-state index < -0.39 is 19.5 Å². The number of hydrogen-bond donors (Lipinski definition) is 4. The number of rotatable bonds is 0. The Balaban J connectivity index is -0.0000000128. The zero-order valence-electron chi connectivity index (χ0n) is 8.74. The summed E-state index contributed by atoms with van der Waals surface area (Å²) in [6.45, 7) is 0. The molecular formula is H8Na2O7S4. The Kier molecular flexibility index (Phi) is 28.6. The van der Waals surface area contributed by atoms with Crippen LogP contribution in [0.3, 0.4) is 0 Å². The molecule has 0 saturated heterocycles. The molecule has 0 heterocycles. The molecule has 0 aliphatic carbocycles. The second-order valence-corrected chi connectivity index (χ2v) is 3.99. The largest absolute Gasteiger partial charge is 1.00 e. The van der Waals surface area contributed by atoms with E-state index in [1.807, 2.05) is 0 Å². The topological polar surface area (TPSA) is 132 Å². The summed E-state index contributed by atoms with van der Waals surface area (Å²) >= 11 is 3.47. The van der Waals surface area contributed by atoms with Crippen molar-refractivity contribution in [3.8, 4) is 0 Å². The molecular weight excluding hydrogens is 286 g/mol. The zero-order chi connectivity index (χ0) is 9.00. The fourth-order valence-electron chi connectivity index (χ4n) is 0. The summed E-state index contributed by atoms with van der Waals surface area (Å²) in [5.41, 5.74) is 0. The first-order valence-electron chi connectivity index (χ1n) is 1.40. The third-order valence-electron chi connectivity index (χ3n) is 0. The van der Waals surface area contributed by atoms with Crippen LogP contribution in [0.5, 0.6) is 0 Å². The Morgan fingerprint density at radius 1 is 0.923 bits per heavy atom. The van der Waals surface area contributed by atoms with E-state index in [0.29, 0.717) is 0 Å². The van der Waals surface area contributed by atoms with Gasteiger partial charge in [-0.15, -0.1) is 0 Å². The first-order valence-corrected chi connectivity index (χ1v) is 5.19. The van der Waals surface area contributed by atoms with Crippen molar-refractivity contribution >= 4 is 44.1 Å². The van der Waals surface area contributed by atoms with Gasteiger partial charge >= 0.3 is 69.5 Å². The molecule has 0 aliphatic rings. The van der Waals surface area contributed by atoms with Gasteiger partial charge in [-0.1, -0.05) is 0 Å². The average molecular weight is 294 g/mol. The fourth-order valence-corrected chi connectivity index (χ4v) is 0. The van der Waals surface area contributed by atoms with Crippen LogP contribution in [-0.4, -0.2) is 30.8 Å². The summed E-state index contributed by atoms with van der Waals surface area (Å²) in [6, 6.07) is 0. The van der Waals surface area contributed by atoms with Crippen molar-refractivity contribution in [1.82, 2.24) is 0 Å². The third kappa shape index (κ3) is 360. The summed E-state index contributed by atoms with van der Waals surface area (Å²) in [7, 11) is -8.50. The Labute approximate surface area is 135 Å². The van der Waals surface area contributed by atoms with Crippen LogP contribution in [0.15, 0.2) is 0 Å². The molecule has 0 aliphatic heterocycles. The SMILES string of the molecule is O=S(=O)(O)O.O=S(O)(O)=S.S.[H-].[H-].[Na+].[Na+]. The minimum atomic E-state index is -4.67. The van der Waals surface area contributed by atoms with E-state index >= 15 is 0 Å². The molecule has 0 fully saturated rings. The van der Waals surface area contributed by atoms with Crippen molar-refractivity contribution in [1.29, 1.82) is 0 Å². The maximum Gasteiger partial charge on any atom is 1.00 e. The maximum absolute atomic E-state index is 9.11. The fraction of sp³-hybridized carbons (Fsp3) is 0. The molecule has 0 aromatic carbocycles. The van der Waals surface area contributed by atoms with E-state index in [2.05, 4.69) is 11.2 Å². The van der Waals surface area contributed by atoms with Crippen molar-refractivity contribution in [3.05, 3.63) is 0 Å². The van der Waals surface area contributed by atoms with Gasteiger partial charge < -0.3 is 2.85 Å². The average Bonchev–Trinajstić information content (AvgIpc) is 1.12. The molecule has 0 bridgehead atoms. The van der Waals surface area contributed by atoms with E-state index in [1.165, 1.54) is 0 Å². The van der Waals surface area contributed by atoms with Crippen LogP contribution >= 0.6 is 13.5 Å². The first-order chi connectivity index (χ1) is 4.00. The second-order valence-electron chi connectivity index (χ2n) is 0.896. The van der Waals surface area contributed by atoms with Crippen LogP contribution in [0.25, 0.3) is 0 Å². The molecule has 0 atom stereocenters. The van der Waals surface area contributed by atoms with Gasteiger partial charge in [-0.05, 0) is 0 Å². The molecule has 0 aromatic rings. The van der Waals surface area contributed by atoms with Gasteiger partial charge in [0.1, 0.15) is 0 Å². The predicted octanol–water partition coefficient (Wildman–Crippen LogP) is -6.63. The van der Waals surface area contributed by atoms with Crippen LogP contribution in [0, 0.1) is 0 Å². The molecule has 0 aromatic heterocycles. The van der Waals surface area contributed by atoms with Gasteiger partial charge in [0.15, 0.2) is 0 Å². The summed E-state index contributed by atoms with van der Waals surface area (Å²) < 4.78 is 55.5. The van der Waals surface area contributed by atoms with E-state index in [-0.39, 0.29) is 75.5 Å². The van der Waals surface area contributed by atoms with Crippen molar-refractivity contribution in [2.45, 2.75) is 0 Å². The first kappa shape index (κ1) is 29.6. The molecule has 76 valence electrons. The second kappa shape index (κ2) is 12.6. The molecule has 7 nitrogen and oxygen atoms in total. The van der Waals surface area contributed by atoms with Crippen LogP contribution in [-0.2, 0) is 30.6 Å². The molecule has 0 rings (SSSR count).